The molecule has 0 aromatic rings. The Morgan fingerprint density at radius 2 is 0.393 bits per heavy atom. The van der Waals surface area contributed by atoms with Gasteiger partial charge in [-0.25, -0.2) is 4.79 Å². The monoisotopic (exact) mass is 1230 g/mol. The lowest BCUT2D eigenvalue weighted by molar-refractivity contribution is -0.142. The fourth-order valence-corrected chi connectivity index (χ4v) is 5.82. The average Bonchev–Trinajstić information content (AvgIpc) is 3.49. The molecule has 0 aliphatic rings. The van der Waals surface area contributed by atoms with E-state index in [1.807, 2.05) is 0 Å². The minimum Gasteiger partial charge on any atom is -0.379 e. The van der Waals surface area contributed by atoms with Gasteiger partial charge in [0.15, 0.2) is 0 Å². The molecule has 29 nitrogen and oxygen atoms in total. The number of hydrogen-bond acceptors (Lipinski definition) is 29. The topological polar surface area (TPSA) is 289 Å². The number of rotatable bonds is 78. The van der Waals surface area contributed by atoms with Gasteiger partial charge >= 0.3 is 5.97 Å². The van der Waals surface area contributed by atoms with Crippen LogP contribution >= 0.6 is 0 Å². The largest absolute Gasteiger partial charge is 0.379 e. The van der Waals surface area contributed by atoms with Crippen LogP contribution in [0.5, 0.6) is 0 Å². The maximum Gasteiger partial charge on any atom is 0.348 e. The molecule has 0 fully saturated rings. The number of nitrogens with zero attached hydrogens (tertiary/aromatic N) is 1. The second-order valence-electron chi connectivity index (χ2n) is 16.9. The number of Topliss-reactive ketones (excluding diaryl/α,β-unsaturated/α-hetero) is 1. The molecule has 0 radical (unpaired) electrons. The van der Waals surface area contributed by atoms with Crippen LogP contribution in [0.15, 0.2) is 5.16 Å². The van der Waals surface area contributed by atoms with Crippen LogP contribution in [0, 0.1) is 0 Å². The van der Waals surface area contributed by atoms with Crippen LogP contribution in [0.2, 0.25) is 0 Å². The number of nitrogens with one attached hydrogen (secondary N) is 1. The summed E-state index contributed by atoms with van der Waals surface area (Å²) in [6.45, 7) is 28.1. The summed E-state index contributed by atoms with van der Waals surface area (Å²) in [4.78, 5) is 26.2. The van der Waals surface area contributed by atoms with Crippen molar-refractivity contribution in [1.82, 2.24) is 5.32 Å². The van der Waals surface area contributed by atoms with Gasteiger partial charge in [-0.2, -0.15) is 0 Å². The van der Waals surface area contributed by atoms with Gasteiger partial charge in [0.25, 0.3) is 0 Å². The summed E-state index contributed by atoms with van der Waals surface area (Å²) >= 11 is 0. The average molecular weight is 1230 g/mol. The summed E-state index contributed by atoms with van der Waals surface area (Å²) in [6.07, 6.45) is 0.433. The van der Waals surface area contributed by atoms with Crippen LogP contribution in [0.4, 0.5) is 0 Å². The molecule has 0 aliphatic heterocycles. The first kappa shape index (κ1) is 81.8. The van der Waals surface area contributed by atoms with Crippen LogP contribution in [-0.4, -0.2) is 349 Å². The van der Waals surface area contributed by atoms with Crippen molar-refractivity contribution in [2.24, 2.45) is 5.16 Å². The number of ketones is 1. The first-order chi connectivity index (χ1) is 41.7. The Kier molecular flexibility index (Phi) is 74.9. The highest BCUT2D eigenvalue weighted by Crippen LogP contribution is 1.92. The van der Waals surface area contributed by atoms with Gasteiger partial charge in [-0.15, -0.1) is 0 Å². The second-order valence-corrected chi connectivity index (χ2v) is 16.9. The molecule has 29 heteroatoms. The standard InChI is InChI=1S/C55H108N2O27/c1-54(58)3-5-60-7-9-62-11-13-64-15-17-66-19-21-68-23-25-70-27-29-72-31-33-74-35-37-76-39-41-78-43-45-80-47-49-82-51-52-83-50-48-81-46-44-79-42-40-77-38-36-75-34-32-73-30-28-71-26-24-69-22-20-67-18-16-65-14-12-63-10-8-61-6-4-57-53-55(59)84-56-2/h57H,2-53H2,1H3. The molecule has 0 atom stereocenters. The van der Waals surface area contributed by atoms with Crippen LogP contribution < -0.4 is 5.32 Å². The smallest absolute Gasteiger partial charge is 0.348 e. The van der Waals surface area contributed by atoms with Crippen molar-refractivity contribution in [3.05, 3.63) is 0 Å². The van der Waals surface area contributed by atoms with E-state index in [1.54, 1.807) is 6.92 Å². The van der Waals surface area contributed by atoms with E-state index < -0.39 is 5.97 Å². The van der Waals surface area contributed by atoms with Crippen molar-refractivity contribution in [3.63, 3.8) is 0 Å². The Balaban J connectivity index is 3.09. The molecule has 84 heavy (non-hydrogen) atoms. The molecule has 0 saturated heterocycles. The minimum absolute atomic E-state index is 0.0482. The molecule has 0 aromatic carbocycles. The highest BCUT2D eigenvalue weighted by atomic mass is 16.7. The molecule has 0 heterocycles. The molecule has 1 N–H and O–H groups in total. The normalized spacial score (nSPS) is 11.6. The zero-order valence-electron chi connectivity index (χ0n) is 50.7. The number of carbonyl (C=O) groups excluding carboxylic acids is 2. The third kappa shape index (κ3) is 77.8. The molecule has 0 bridgehead atoms. The summed E-state index contributed by atoms with van der Waals surface area (Å²) in [5.41, 5.74) is 0. The molecule has 0 aliphatic carbocycles. The number of ether oxygens (including phenoxy) is 24. The summed E-state index contributed by atoms with van der Waals surface area (Å²) in [5, 5.41) is 5.91. The number of hydrogen-bond donors (Lipinski definition) is 1. The Bertz CT molecular complexity index is 1280. The fraction of sp³-hybridized carbons (Fsp3) is 0.945. The summed E-state index contributed by atoms with van der Waals surface area (Å²) < 4.78 is 132. The SMILES string of the molecule is C=NOC(=O)CNCCOCCOCCOCCOCCOCCOCCOCCOCCOCCOCCOCCOCCOCCOCCOCCOCCOCCOCCOCCOCCOCCOCCOCCOCCC(C)=O. The summed E-state index contributed by atoms with van der Waals surface area (Å²) in [7, 11) is 0. The molecule has 0 unspecified atom stereocenters. The molecule has 0 rings (SSSR count). The van der Waals surface area contributed by atoms with Crippen molar-refractivity contribution in [3.8, 4) is 0 Å². The van der Waals surface area contributed by atoms with Crippen molar-refractivity contribution in [1.29, 1.82) is 0 Å². The maximum absolute atomic E-state index is 11.1. The van der Waals surface area contributed by atoms with Crippen LogP contribution in [0.25, 0.3) is 0 Å². The Morgan fingerprint density at radius 3 is 0.536 bits per heavy atom. The maximum atomic E-state index is 11.1. The van der Waals surface area contributed by atoms with Gasteiger partial charge in [0.05, 0.1) is 324 Å². The van der Waals surface area contributed by atoms with Gasteiger partial charge in [0.1, 0.15) is 5.78 Å². The summed E-state index contributed by atoms with van der Waals surface area (Å²) in [6, 6.07) is 0. The van der Waals surface area contributed by atoms with Gasteiger partial charge < -0.3 is 124 Å². The molecule has 0 aromatic heterocycles. The molecule has 0 amide bonds. The lowest BCUT2D eigenvalue weighted by Gasteiger charge is -2.09. The van der Waals surface area contributed by atoms with E-state index in [0.29, 0.717) is 330 Å². The number of carbonyl (C=O) groups is 2. The van der Waals surface area contributed by atoms with Crippen LogP contribution in [-0.2, 0) is 128 Å². The second kappa shape index (κ2) is 76.9. The van der Waals surface area contributed by atoms with Crippen molar-refractivity contribution in [2.75, 3.05) is 330 Å². The third-order valence-electron chi connectivity index (χ3n) is 10.0. The van der Waals surface area contributed by atoms with Crippen molar-refractivity contribution < 1.29 is 128 Å². The number of oxime groups is 1. The molecule has 500 valence electrons. The first-order valence-corrected chi connectivity index (χ1v) is 29.4. The molecular formula is C55H108N2O27. The van der Waals surface area contributed by atoms with E-state index in [0.717, 1.165) is 0 Å². The molecule has 0 spiro atoms. The quantitative estimate of drug-likeness (QED) is 0.0366. The highest BCUT2D eigenvalue weighted by molar-refractivity contribution is 5.75. The zero-order valence-corrected chi connectivity index (χ0v) is 50.7. The predicted molar refractivity (Wildman–Crippen MR) is 303 cm³/mol. The fourth-order valence-electron chi connectivity index (χ4n) is 5.82. The van der Waals surface area contributed by atoms with E-state index in [9.17, 15) is 9.59 Å². The van der Waals surface area contributed by atoms with E-state index in [1.165, 1.54) is 0 Å². The Labute approximate surface area is 499 Å². The van der Waals surface area contributed by atoms with E-state index >= 15 is 0 Å². The van der Waals surface area contributed by atoms with Gasteiger partial charge in [-0.3, -0.25) is 4.79 Å². The lowest BCUT2D eigenvalue weighted by atomic mass is 10.3. The first-order valence-electron chi connectivity index (χ1n) is 29.4. The predicted octanol–water partition coefficient (Wildman–Crippen LogP) is 0.112. The van der Waals surface area contributed by atoms with E-state index in [4.69, 9.17) is 114 Å². The highest BCUT2D eigenvalue weighted by Gasteiger charge is 2.03. The summed E-state index contributed by atoms with van der Waals surface area (Å²) in [5.74, 6) is -0.379. The Hall–Kier alpha value is -2.19. The third-order valence-corrected chi connectivity index (χ3v) is 10.0. The van der Waals surface area contributed by atoms with E-state index in [-0.39, 0.29) is 12.3 Å². The van der Waals surface area contributed by atoms with E-state index in [2.05, 4.69) is 22.0 Å². The van der Waals surface area contributed by atoms with Gasteiger partial charge in [0.2, 0.25) is 0 Å². The Morgan fingerprint density at radius 1 is 0.250 bits per heavy atom. The van der Waals surface area contributed by atoms with Crippen molar-refractivity contribution >= 4 is 18.5 Å². The van der Waals surface area contributed by atoms with Gasteiger partial charge in [-0.1, -0.05) is 5.16 Å². The molecular weight excluding hydrogens is 1120 g/mol. The lowest BCUT2D eigenvalue weighted by Crippen LogP contribution is -2.27. The van der Waals surface area contributed by atoms with Crippen LogP contribution in [0.3, 0.4) is 0 Å². The van der Waals surface area contributed by atoms with Gasteiger partial charge in [0, 0.05) is 19.7 Å². The minimum atomic E-state index is -0.498. The van der Waals surface area contributed by atoms with Crippen molar-refractivity contribution in [2.45, 2.75) is 13.3 Å². The van der Waals surface area contributed by atoms with Crippen LogP contribution in [0.1, 0.15) is 13.3 Å². The molecule has 0 saturated carbocycles. The van der Waals surface area contributed by atoms with Gasteiger partial charge in [-0.05, 0) is 6.92 Å². The zero-order chi connectivity index (χ0) is 60.3.